The average Bonchev–Trinajstić information content (AvgIpc) is 3.23. The third-order valence-electron chi connectivity index (χ3n) is 6.40. The van der Waals surface area contributed by atoms with E-state index in [0.717, 1.165) is 11.0 Å². The molecule has 0 atom stereocenters. The summed E-state index contributed by atoms with van der Waals surface area (Å²) in [4.78, 5) is 41.2. The third-order valence-corrected chi connectivity index (χ3v) is 6.40. The summed E-state index contributed by atoms with van der Waals surface area (Å²) >= 11 is 0. The molecule has 0 bridgehead atoms. The number of nitrogens with one attached hydrogen (secondary N) is 1. The van der Waals surface area contributed by atoms with Gasteiger partial charge in [-0.05, 0) is 47.4 Å². The predicted molar refractivity (Wildman–Crippen MR) is 142 cm³/mol. The van der Waals surface area contributed by atoms with E-state index in [4.69, 9.17) is 0 Å². The molecule has 0 saturated heterocycles. The van der Waals surface area contributed by atoms with Crippen LogP contribution in [0.4, 0.5) is 0 Å². The lowest BCUT2D eigenvalue weighted by Gasteiger charge is -2.19. The van der Waals surface area contributed by atoms with Crippen LogP contribution in [-0.2, 0) is 5.41 Å². The maximum absolute atomic E-state index is 13.0. The van der Waals surface area contributed by atoms with E-state index in [-0.39, 0.29) is 22.7 Å². The first kappa shape index (κ1) is 23.2. The number of carbonyl (C=O) groups is 2. The van der Waals surface area contributed by atoms with Crippen LogP contribution in [0.1, 0.15) is 58.2 Å². The van der Waals surface area contributed by atoms with Gasteiger partial charge in [0.25, 0.3) is 0 Å². The average molecular weight is 475 g/mol. The van der Waals surface area contributed by atoms with E-state index < -0.39 is 0 Å². The number of imidazole rings is 1. The molecule has 0 radical (unpaired) electrons. The summed E-state index contributed by atoms with van der Waals surface area (Å²) in [5.41, 5.74) is 5.30. The van der Waals surface area contributed by atoms with Crippen LogP contribution in [-0.4, -0.2) is 21.1 Å². The topological polar surface area (TPSA) is 71.9 Å². The third kappa shape index (κ3) is 4.31. The van der Waals surface area contributed by atoms with Gasteiger partial charge in [-0.15, -0.1) is 0 Å². The van der Waals surface area contributed by atoms with Crippen LogP contribution in [0, 0.1) is 0 Å². The zero-order valence-corrected chi connectivity index (χ0v) is 20.4. The largest absolute Gasteiger partial charge is 0.331 e. The van der Waals surface area contributed by atoms with Gasteiger partial charge in [-0.25, -0.2) is 4.79 Å². The number of H-pyrrole nitrogens is 1. The first-order valence-corrected chi connectivity index (χ1v) is 11.8. The van der Waals surface area contributed by atoms with Crippen molar-refractivity contribution in [2.45, 2.75) is 26.2 Å². The second kappa shape index (κ2) is 8.93. The van der Waals surface area contributed by atoms with E-state index in [1.54, 1.807) is 53.1 Å². The number of carbonyl (C=O) groups excluding carboxylic acids is 2. The van der Waals surface area contributed by atoms with Gasteiger partial charge in [0.1, 0.15) is 0 Å². The molecule has 5 nitrogen and oxygen atoms in total. The Kier molecular flexibility index (Phi) is 5.77. The minimum absolute atomic E-state index is 0.0210. The Morgan fingerprint density at radius 1 is 0.639 bits per heavy atom. The molecule has 178 valence electrons. The molecule has 0 saturated carbocycles. The SMILES string of the molecule is CC(C)(C)c1ccc(C(=O)c2ccc(C(=O)c3ccc(-n4c(=O)[nH]c5ccccc54)cc3)cc2)cc1. The van der Waals surface area contributed by atoms with E-state index in [9.17, 15) is 14.4 Å². The lowest BCUT2D eigenvalue weighted by atomic mass is 9.86. The van der Waals surface area contributed by atoms with E-state index >= 15 is 0 Å². The Morgan fingerprint density at radius 3 is 1.58 bits per heavy atom. The summed E-state index contributed by atoms with van der Waals surface area (Å²) in [5.74, 6) is -0.232. The molecule has 0 amide bonds. The second-order valence-corrected chi connectivity index (χ2v) is 9.89. The maximum atomic E-state index is 13.0. The Hall–Kier alpha value is -4.51. The predicted octanol–water partition coefficient (Wildman–Crippen LogP) is 6.08. The van der Waals surface area contributed by atoms with Crippen LogP contribution in [0.5, 0.6) is 0 Å². The number of nitrogens with zero attached hydrogens (tertiary/aromatic N) is 1. The summed E-state index contributed by atoms with van der Waals surface area (Å²) in [6.45, 7) is 6.40. The van der Waals surface area contributed by atoms with Crippen LogP contribution in [0.15, 0.2) is 102 Å². The van der Waals surface area contributed by atoms with E-state index in [0.29, 0.717) is 27.9 Å². The van der Waals surface area contributed by atoms with Crippen molar-refractivity contribution in [1.82, 2.24) is 9.55 Å². The Bertz CT molecular complexity index is 1630. The van der Waals surface area contributed by atoms with Gasteiger partial charge in [0, 0.05) is 22.3 Å². The number of rotatable bonds is 5. The van der Waals surface area contributed by atoms with Crippen LogP contribution in [0.2, 0.25) is 0 Å². The van der Waals surface area contributed by atoms with E-state index in [1.807, 2.05) is 48.5 Å². The van der Waals surface area contributed by atoms with Gasteiger partial charge in [0.15, 0.2) is 11.6 Å². The summed E-state index contributed by atoms with van der Waals surface area (Å²) in [7, 11) is 0. The highest BCUT2D eigenvalue weighted by molar-refractivity contribution is 6.11. The van der Waals surface area contributed by atoms with Crippen molar-refractivity contribution in [2.24, 2.45) is 0 Å². The molecule has 4 aromatic carbocycles. The molecule has 0 aliphatic heterocycles. The minimum Gasteiger partial charge on any atom is -0.305 e. The Labute approximate surface area is 209 Å². The fraction of sp³-hybridized carbons (Fsp3) is 0.129. The number of ketones is 2. The number of fused-ring (bicyclic) bond motifs is 1. The number of aromatic nitrogens is 2. The fourth-order valence-electron chi connectivity index (χ4n) is 4.30. The molecule has 0 spiro atoms. The van der Waals surface area contributed by atoms with Crippen molar-refractivity contribution in [1.29, 1.82) is 0 Å². The first-order chi connectivity index (χ1) is 17.2. The molecule has 1 aromatic heterocycles. The Balaban J connectivity index is 1.35. The number of para-hydroxylation sites is 2. The summed E-state index contributed by atoms with van der Waals surface area (Å²) < 4.78 is 1.58. The standard InChI is InChI=1S/C31H26N2O3/c1-31(2,3)24-16-12-22(13-17-24)28(34)20-8-10-21(11-9-20)29(35)23-14-18-25(19-15-23)33-27-7-5-4-6-26(27)32-30(33)36/h4-19H,1-3H3,(H,32,36). The molecule has 5 rings (SSSR count). The van der Waals surface area contributed by atoms with Crippen molar-refractivity contribution in [3.05, 3.63) is 135 Å². The van der Waals surface area contributed by atoms with E-state index in [2.05, 4.69) is 25.8 Å². The van der Waals surface area contributed by atoms with Crippen LogP contribution < -0.4 is 5.69 Å². The smallest absolute Gasteiger partial charge is 0.305 e. The molecule has 1 N–H and O–H groups in total. The summed E-state index contributed by atoms with van der Waals surface area (Å²) in [6, 6.07) is 28.8. The Morgan fingerprint density at radius 2 is 1.08 bits per heavy atom. The number of benzene rings is 4. The minimum atomic E-state index is -0.233. The molecule has 0 aliphatic carbocycles. The molecule has 0 unspecified atom stereocenters. The van der Waals surface area contributed by atoms with Crippen molar-refractivity contribution in [2.75, 3.05) is 0 Å². The number of hydrogen-bond donors (Lipinski definition) is 1. The molecule has 36 heavy (non-hydrogen) atoms. The lowest BCUT2D eigenvalue weighted by Crippen LogP contribution is -2.14. The highest BCUT2D eigenvalue weighted by Gasteiger charge is 2.16. The molecule has 0 aliphatic rings. The second-order valence-electron chi connectivity index (χ2n) is 9.89. The number of aromatic amines is 1. The molecular formula is C31H26N2O3. The van der Waals surface area contributed by atoms with E-state index in [1.165, 1.54) is 5.56 Å². The van der Waals surface area contributed by atoms with Gasteiger partial charge in [-0.3, -0.25) is 14.2 Å². The molecule has 1 heterocycles. The molecule has 5 heteroatoms. The van der Waals surface area contributed by atoms with Crippen LogP contribution >= 0.6 is 0 Å². The summed E-state index contributed by atoms with van der Waals surface area (Å²) in [5, 5.41) is 0. The highest BCUT2D eigenvalue weighted by Crippen LogP contribution is 2.23. The summed E-state index contributed by atoms with van der Waals surface area (Å²) in [6.07, 6.45) is 0. The zero-order valence-electron chi connectivity index (χ0n) is 20.4. The van der Waals surface area contributed by atoms with Crippen molar-refractivity contribution < 1.29 is 9.59 Å². The number of hydrogen-bond acceptors (Lipinski definition) is 3. The molecule has 0 fully saturated rings. The van der Waals surface area contributed by atoms with Gasteiger partial charge < -0.3 is 4.98 Å². The van der Waals surface area contributed by atoms with Gasteiger partial charge >= 0.3 is 5.69 Å². The molecular weight excluding hydrogens is 448 g/mol. The van der Waals surface area contributed by atoms with Gasteiger partial charge in [0.05, 0.1) is 16.7 Å². The maximum Gasteiger partial charge on any atom is 0.331 e. The van der Waals surface area contributed by atoms with Crippen molar-refractivity contribution in [3.8, 4) is 5.69 Å². The van der Waals surface area contributed by atoms with Crippen LogP contribution in [0.25, 0.3) is 16.7 Å². The van der Waals surface area contributed by atoms with Gasteiger partial charge in [-0.2, -0.15) is 0 Å². The monoisotopic (exact) mass is 474 g/mol. The normalized spacial score (nSPS) is 11.5. The van der Waals surface area contributed by atoms with Crippen molar-refractivity contribution in [3.63, 3.8) is 0 Å². The first-order valence-electron chi connectivity index (χ1n) is 11.8. The van der Waals surface area contributed by atoms with Gasteiger partial charge in [-0.1, -0.05) is 81.4 Å². The van der Waals surface area contributed by atoms with Gasteiger partial charge in [0.2, 0.25) is 0 Å². The van der Waals surface area contributed by atoms with Crippen LogP contribution in [0.3, 0.4) is 0 Å². The zero-order chi connectivity index (χ0) is 25.4. The lowest BCUT2D eigenvalue weighted by molar-refractivity contribution is 0.102. The fourth-order valence-corrected chi connectivity index (χ4v) is 4.30. The van der Waals surface area contributed by atoms with Crippen molar-refractivity contribution >= 4 is 22.6 Å². The molecule has 5 aromatic rings. The quantitative estimate of drug-likeness (QED) is 0.314. The highest BCUT2D eigenvalue weighted by atomic mass is 16.1.